The molecule has 0 rings (SSSR count). The molecule has 3 N–H and O–H groups in total. The minimum Gasteiger partial charge on any atom is -0.462 e. The van der Waals surface area contributed by atoms with Gasteiger partial charge in [0.2, 0.25) is 0 Å². The molecule has 2 unspecified atom stereocenters. The number of allylic oxidation sites excluding steroid dienone is 6. The van der Waals surface area contributed by atoms with Gasteiger partial charge < -0.3 is 20.1 Å². The van der Waals surface area contributed by atoms with Crippen molar-refractivity contribution in [3.05, 3.63) is 36.5 Å². The molecule has 0 aliphatic carbocycles. The van der Waals surface area contributed by atoms with E-state index in [0.717, 1.165) is 51.4 Å². The zero-order valence-electron chi connectivity index (χ0n) is 53.8. The number of ether oxygens (including phenoxy) is 2. The van der Waals surface area contributed by atoms with Crippen LogP contribution in [0.1, 0.15) is 373 Å². The van der Waals surface area contributed by atoms with Crippen molar-refractivity contribution in [2.45, 2.75) is 380 Å². The molecule has 0 spiro atoms. The second-order valence-corrected chi connectivity index (χ2v) is 25.6. The fourth-order valence-corrected chi connectivity index (χ4v) is 11.5. The highest BCUT2D eigenvalue weighted by Gasteiger charge is 2.26. The van der Waals surface area contributed by atoms with Crippen LogP contribution in [0, 0.1) is 0 Å². The van der Waals surface area contributed by atoms with Crippen LogP contribution in [0.2, 0.25) is 0 Å². The van der Waals surface area contributed by atoms with Gasteiger partial charge in [-0.15, -0.1) is 0 Å². The van der Waals surface area contributed by atoms with Crippen LogP contribution in [0.4, 0.5) is 0 Å². The molecule has 0 aromatic rings. The number of carbonyl (C=O) groups excluding carboxylic acids is 2. The molecule has 0 radical (unpaired) electrons. The van der Waals surface area contributed by atoms with Crippen LogP contribution >= 0.6 is 7.82 Å². The van der Waals surface area contributed by atoms with Crippen molar-refractivity contribution < 1.29 is 37.6 Å². The zero-order chi connectivity index (χ0) is 58.7. The highest BCUT2D eigenvalue weighted by molar-refractivity contribution is 7.47. The van der Waals surface area contributed by atoms with Crippen LogP contribution in [0.5, 0.6) is 0 Å². The summed E-state index contributed by atoms with van der Waals surface area (Å²) in [5.74, 6) is -0.813. The second kappa shape index (κ2) is 67.4. The second-order valence-electron chi connectivity index (χ2n) is 24.1. The van der Waals surface area contributed by atoms with Gasteiger partial charge in [-0.1, -0.05) is 346 Å². The number of nitrogens with two attached hydrogens (primary N) is 1. The first-order chi connectivity index (χ1) is 39.8. The summed E-state index contributed by atoms with van der Waals surface area (Å²) in [6.45, 7) is 3.80. The van der Waals surface area contributed by atoms with Gasteiger partial charge in [-0.05, 0) is 51.4 Å². The van der Waals surface area contributed by atoms with Crippen LogP contribution in [0.15, 0.2) is 36.5 Å². The summed E-state index contributed by atoms with van der Waals surface area (Å²) in [5.41, 5.74) is 5.40. The topological polar surface area (TPSA) is 134 Å². The molecule has 0 heterocycles. The summed E-state index contributed by atoms with van der Waals surface area (Å²) in [5, 5.41) is 0. The quantitative estimate of drug-likeness (QED) is 0.0264. The molecule has 0 amide bonds. The molecule has 0 saturated carbocycles. The number of hydrogen-bond acceptors (Lipinski definition) is 8. The van der Waals surface area contributed by atoms with Gasteiger partial charge in [0, 0.05) is 19.4 Å². The summed E-state index contributed by atoms with van der Waals surface area (Å²) in [7, 11) is -4.39. The van der Waals surface area contributed by atoms with Crippen molar-refractivity contribution in [3.8, 4) is 0 Å². The Balaban J connectivity index is 3.80. The van der Waals surface area contributed by atoms with Crippen LogP contribution in [-0.2, 0) is 32.7 Å². The first-order valence-corrected chi connectivity index (χ1v) is 37.0. The number of phosphoric ester groups is 1. The molecule has 0 bridgehead atoms. The van der Waals surface area contributed by atoms with Crippen LogP contribution < -0.4 is 5.73 Å². The summed E-state index contributed by atoms with van der Waals surface area (Å²) in [4.78, 5) is 35.3. The van der Waals surface area contributed by atoms with Gasteiger partial charge >= 0.3 is 19.8 Å². The Bertz CT molecular complexity index is 1420. The van der Waals surface area contributed by atoms with Gasteiger partial charge in [0.1, 0.15) is 6.61 Å². The summed E-state index contributed by atoms with van der Waals surface area (Å²) in [6, 6.07) is 0. The minimum absolute atomic E-state index is 0.0541. The van der Waals surface area contributed by atoms with E-state index in [0.29, 0.717) is 6.42 Å². The fourth-order valence-electron chi connectivity index (χ4n) is 10.8. The van der Waals surface area contributed by atoms with E-state index in [1.165, 1.54) is 289 Å². The maximum atomic E-state index is 12.7. The highest BCUT2D eigenvalue weighted by Crippen LogP contribution is 2.43. The van der Waals surface area contributed by atoms with Crippen molar-refractivity contribution in [1.29, 1.82) is 0 Å². The van der Waals surface area contributed by atoms with Crippen molar-refractivity contribution in [1.82, 2.24) is 0 Å². The molecule has 81 heavy (non-hydrogen) atoms. The lowest BCUT2D eigenvalue weighted by atomic mass is 10.0. The van der Waals surface area contributed by atoms with E-state index in [2.05, 4.69) is 50.3 Å². The van der Waals surface area contributed by atoms with Gasteiger partial charge in [-0.3, -0.25) is 18.6 Å². The summed E-state index contributed by atoms with van der Waals surface area (Å²) in [6.07, 6.45) is 84.0. The van der Waals surface area contributed by atoms with Gasteiger partial charge in [-0.2, -0.15) is 0 Å². The van der Waals surface area contributed by atoms with E-state index < -0.39 is 26.5 Å². The largest absolute Gasteiger partial charge is 0.472 e. The van der Waals surface area contributed by atoms with Gasteiger partial charge in [-0.25, -0.2) is 4.57 Å². The molecule has 0 aromatic carbocycles. The Kier molecular flexibility index (Phi) is 65.9. The maximum absolute atomic E-state index is 12.7. The molecule has 0 saturated heterocycles. The minimum atomic E-state index is -4.39. The monoisotopic (exact) mass is 1160 g/mol. The van der Waals surface area contributed by atoms with Gasteiger partial charge in [0.15, 0.2) is 6.10 Å². The fraction of sp³-hybridized carbons (Fsp3) is 0.887. The lowest BCUT2D eigenvalue weighted by Crippen LogP contribution is -2.29. The van der Waals surface area contributed by atoms with E-state index in [-0.39, 0.29) is 38.6 Å². The number of rotatable bonds is 68. The van der Waals surface area contributed by atoms with E-state index in [4.69, 9.17) is 24.3 Å². The normalized spacial score (nSPS) is 13.1. The van der Waals surface area contributed by atoms with E-state index in [1.807, 2.05) is 0 Å². The Morgan fingerprint density at radius 2 is 0.642 bits per heavy atom. The predicted octanol–water partition coefficient (Wildman–Crippen LogP) is 23.1. The Morgan fingerprint density at radius 3 is 0.951 bits per heavy atom. The third kappa shape index (κ3) is 67.2. The van der Waals surface area contributed by atoms with Crippen LogP contribution in [0.3, 0.4) is 0 Å². The zero-order valence-corrected chi connectivity index (χ0v) is 54.7. The smallest absolute Gasteiger partial charge is 0.462 e. The van der Waals surface area contributed by atoms with Gasteiger partial charge in [0.05, 0.1) is 13.2 Å². The van der Waals surface area contributed by atoms with Crippen LogP contribution in [-0.4, -0.2) is 49.3 Å². The van der Waals surface area contributed by atoms with Gasteiger partial charge in [0.25, 0.3) is 0 Å². The van der Waals surface area contributed by atoms with Crippen molar-refractivity contribution in [3.63, 3.8) is 0 Å². The standard InChI is InChI=1S/C71H136NO8P/c1-3-5-7-9-11-13-15-17-19-21-23-25-27-29-30-31-32-33-34-35-36-37-38-40-41-43-45-47-49-51-53-55-57-59-61-63-70(73)77-67-69(68-79-81(75,76)78-66-65-72)80-71(74)64-62-60-58-56-54-52-50-48-46-44-42-39-28-26-24-22-20-18-16-14-12-10-8-6-4-2/h16,18,22,24,28,39,69H,3-15,17,19-21,23,25-27,29-38,40-68,72H2,1-2H3,(H,75,76)/b18-16-,24-22-,39-28-. The molecule has 9 nitrogen and oxygen atoms in total. The Morgan fingerprint density at radius 1 is 0.370 bits per heavy atom. The third-order valence-corrected chi connectivity index (χ3v) is 17.0. The summed E-state index contributed by atoms with van der Waals surface area (Å²) < 4.78 is 33.2. The Hall–Kier alpha value is -1.77. The molecule has 0 aliphatic heterocycles. The molecule has 10 heteroatoms. The lowest BCUT2D eigenvalue weighted by Gasteiger charge is -2.19. The van der Waals surface area contributed by atoms with Crippen LogP contribution in [0.25, 0.3) is 0 Å². The van der Waals surface area contributed by atoms with Crippen molar-refractivity contribution >= 4 is 19.8 Å². The third-order valence-electron chi connectivity index (χ3n) is 16.0. The number of unbranched alkanes of at least 4 members (excludes halogenated alkanes) is 49. The first-order valence-electron chi connectivity index (χ1n) is 35.5. The molecule has 2 atom stereocenters. The predicted molar refractivity (Wildman–Crippen MR) is 349 cm³/mol. The summed E-state index contributed by atoms with van der Waals surface area (Å²) >= 11 is 0. The molecular weight excluding hydrogens is 1030 g/mol. The molecule has 0 fully saturated rings. The average molecular weight is 1160 g/mol. The Labute approximate surface area is 503 Å². The first kappa shape index (κ1) is 79.2. The van der Waals surface area contributed by atoms with E-state index >= 15 is 0 Å². The van der Waals surface area contributed by atoms with E-state index in [1.54, 1.807) is 0 Å². The number of phosphoric acid groups is 1. The van der Waals surface area contributed by atoms with Crippen molar-refractivity contribution in [2.75, 3.05) is 26.4 Å². The number of hydrogen-bond donors (Lipinski definition) is 2. The SMILES string of the molecule is CCCCCCC/C=C\C/C=C\C/C=C\CCCCCCCCCCCCC(=O)OC(COC(=O)CCCCCCCCCCCCCCCCCCCCCCCCCCCCCCCCCCCCC)COP(=O)(O)OCCN. The molecule has 0 aromatic heterocycles. The average Bonchev–Trinajstić information content (AvgIpc) is 3.46. The number of esters is 2. The molecule has 478 valence electrons. The maximum Gasteiger partial charge on any atom is 0.472 e. The van der Waals surface area contributed by atoms with E-state index in [9.17, 15) is 19.0 Å². The molecule has 0 aliphatic rings. The highest BCUT2D eigenvalue weighted by atomic mass is 31.2. The van der Waals surface area contributed by atoms with Crippen molar-refractivity contribution in [2.24, 2.45) is 5.73 Å². The lowest BCUT2D eigenvalue weighted by molar-refractivity contribution is -0.161. The molecular formula is C71H136NO8P. The number of carbonyl (C=O) groups is 2.